The van der Waals surface area contributed by atoms with Gasteiger partial charge in [0.2, 0.25) is 0 Å². The fourth-order valence-corrected chi connectivity index (χ4v) is 4.91. The second-order valence-electron chi connectivity index (χ2n) is 9.84. The van der Waals surface area contributed by atoms with Gasteiger partial charge in [0.05, 0.1) is 23.1 Å². The summed E-state index contributed by atoms with van der Waals surface area (Å²) in [5.41, 5.74) is 9.32. The largest absolute Gasteiger partial charge is 0.342 e. The number of benzene rings is 3. The summed E-state index contributed by atoms with van der Waals surface area (Å²) in [7, 11) is 0. The van der Waals surface area contributed by atoms with E-state index in [1.807, 2.05) is 18.5 Å². The average molecular weight is 445 g/mol. The Kier molecular flexibility index (Phi) is 4.84. The van der Waals surface area contributed by atoms with Crippen LogP contribution in [0.1, 0.15) is 45.0 Å². The first-order chi connectivity index (χ1) is 16.5. The van der Waals surface area contributed by atoms with E-state index in [0.29, 0.717) is 11.8 Å². The van der Waals surface area contributed by atoms with Gasteiger partial charge in [-0.1, -0.05) is 64.1 Å². The van der Waals surface area contributed by atoms with Gasteiger partial charge in [-0.05, 0) is 51.8 Å². The molecule has 3 heterocycles. The monoisotopic (exact) mass is 444 g/mol. The summed E-state index contributed by atoms with van der Waals surface area (Å²) >= 11 is 0. The van der Waals surface area contributed by atoms with E-state index in [-0.39, 0.29) is 0 Å². The van der Waals surface area contributed by atoms with Crippen LogP contribution in [0.2, 0.25) is 0 Å². The van der Waals surface area contributed by atoms with Crippen LogP contribution in [0.5, 0.6) is 0 Å². The molecule has 3 aromatic carbocycles. The first kappa shape index (κ1) is 20.8. The molecule has 0 aliphatic carbocycles. The van der Waals surface area contributed by atoms with E-state index in [1.165, 1.54) is 33.2 Å². The van der Waals surface area contributed by atoms with Gasteiger partial charge in [-0.3, -0.25) is 9.98 Å². The van der Waals surface area contributed by atoms with E-state index in [4.69, 9.17) is 9.98 Å². The minimum atomic E-state index is 0.387. The summed E-state index contributed by atoms with van der Waals surface area (Å²) in [6, 6.07) is 19.7. The topological polar surface area (TPSA) is 53.9 Å². The highest BCUT2D eigenvalue weighted by Gasteiger charge is 2.23. The third-order valence-corrected chi connectivity index (χ3v) is 6.90. The second-order valence-corrected chi connectivity index (χ2v) is 9.84. The van der Waals surface area contributed by atoms with Crippen LogP contribution in [-0.4, -0.2) is 20.7 Å². The molecular formula is C30H28N4. The normalized spacial score (nSPS) is 13.3. The predicted molar refractivity (Wildman–Crippen MR) is 142 cm³/mol. The lowest BCUT2D eigenvalue weighted by Crippen LogP contribution is -2.06. The van der Waals surface area contributed by atoms with Crippen LogP contribution in [-0.2, 0) is 6.42 Å². The van der Waals surface area contributed by atoms with Crippen molar-refractivity contribution in [3.05, 3.63) is 78.4 Å². The van der Waals surface area contributed by atoms with E-state index >= 15 is 0 Å². The van der Waals surface area contributed by atoms with Gasteiger partial charge in [0.1, 0.15) is 5.82 Å². The Morgan fingerprint density at radius 3 is 2.26 bits per heavy atom. The molecule has 0 bridgehead atoms. The van der Waals surface area contributed by atoms with Gasteiger partial charge >= 0.3 is 0 Å². The quantitative estimate of drug-likeness (QED) is 0.287. The van der Waals surface area contributed by atoms with Crippen molar-refractivity contribution in [3.8, 4) is 22.4 Å². The van der Waals surface area contributed by atoms with Crippen LogP contribution in [0.25, 0.3) is 44.1 Å². The van der Waals surface area contributed by atoms with Crippen molar-refractivity contribution in [2.24, 2.45) is 10.9 Å². The van der Waals surface area contributed by atoms with Crippen molar-refractivity contribution in [2.75, 3.05) is 0 Å². The number of nitrogens with zero attached hydrogens (tertiary/aromatic N) is 3. The molecule has 5 aromatic rings. The summed E-state index contributed by atoms with van der Waals surface area (Å²) in [6.07, 6.45) is 4.73. The Morgan fingerprint density at radius 1 is 0.765 bits per heavy atom. The zero-order chi connectivity index (χ0) is 23.4. The molecule has 4 heteroatoms. The Morgan fingerprint density at radius 2 is 1.53 bits per heavy atom. The summed E-state index contributed by atoms with van der Waals surface area (Å²) < 4.78 is 0. The maximum absolute atomic E-state index is 5.03. The molecular weight excluding hydrogens is 416 g/mol. The van der Waals surface area contributed by atoms with Crippen LogP contribution in [0, 0.1) is 5.92 Å². The predicted octanol–water partition coefficient (Wildman–Crippen LogP) is 7.85. The standard InChI is InChI=1S/C30H28N4/c1-17(2)26-15-25-22-12-11-21(14-24(22)28-23(29(25)33-26)6-5-13-31-28)19-7-9-20(10-8-19)27-16-32-30(34-27)18(3)4/h5-14,16-18H,15H2,1-4H3,(H,32,34). The summed E-state index contributed by atoms with van der Waals surface area (Å²) in [6.45, 7) is 8.74. The Labute approximate surface area is 199 Å². The van der Waals surface area contributed by atoms with Gasteiger partial charge in [-0.25, -0.2) is 4.98 Å². The van der Waals surface area contributed by atoms with Crippen molar-refractivity contribution in [1.82, 2.24) is 15.0 Å². The molecule has 0 amide bonds. The Hall–Kier alpha value is -3.79. The maximum atomic E-state index is 5.03. The molecule has 0 atom stereocenters. The van der Waals surface area contributed by atoms with E-state index in [2.05, 4.69) is 86.2 Å². The molecule has 1 aliphatic rings. The third-order valence-electron chi connectivity index (χ3n) is 6.90. The zero-order valence-electron chi connectivity index (χ0n) is 20.1. The highest BCUT2D eigenvalue weighted by atomic mass is 14.9. The molecule has 6 rings (SSSR count). The number of imidazole rings is 1. The van der Waals surface area contributed by atoms with Crippen molar-refractivity contribution < 1.29 is 0 Å². The number of H-pyrrole nitrogens is 1. The second kappa shape index (κ2) is 7.91. The molecule has 0 unspecified atom stereocenters. The highest BCUT2D eigenvalue weighted by molar-refractivity contribution is 6.17. The van der Waals surface area contributed by atoms with Crippen LogP contribution in [0.3, 0.4) is 0 Å². The van der Waals surface area contributed by atoms with Gasteiger partial charge < -0.3 is 4.98 Å². The molecule has 4 nitrogen and oxygen atoms in total. The molecule has 0 spiro atoms. The molecule has 0 fully saturated rings. The lowest BCUT2D eigenvalue weighted by Gasteiger charge is -2.12. The lowest BCUT2D eigenvalue weighted by atomic mass is 9.92. The molecule has 0 radical (unpaired) electrons. The van der Waals surface area contributed by atoms with Gasteiger partial charge in [-0.2, -0.15) is 0 Å². The average Bonchev–Trinajstić information content (AvgIpc) is 3.53. The molecule has 1 N–H and O–H groups in total. The molecule has 2 aromatic heterocycles. The third kappa shape index (κ3) is 3.33. The smallest absolute Gasteiger partial charge is 0.109 e. The molecule has 34 heavy (non-hydrogen) atoms. The molecule has 1 aliphatic heterocycles. The van der Waals surface area contributed by atoms with E-state index in [1.54, 1.807) is 0 Å². The highest BCUT2D eigenvalue weighted by Crippen LogP contribution is 2.42. The zero-order valence-corrected chi connectivity index (χ0v) is 20.1. The van der Waals surface area contributed by atoms with Crippen LogP contribution < -0.4 is 0 Å². The molecule has 0 saturated heterocycles. The lowest BCUT2D eigenvalue weighted by molar-refractivity contribution is 0.795. The number of aliphatic imine (C=N–C) groups is 1. The summed E-state index contributed by atoms with van der Waals surface area (Å²) in [5, 5.41) is 3.61. The number of aromatic nitrogens is 3. The van der Waals surface area contributed by atoms with E-state index in [0.717, 1.165) is 40.1 Å². The first-order valence-electron chi connectivity index (χ1n) is 12.1. The minimum Gasteiger partial charge on any atom is -0.342 e. The number of nitrogens with one attached hydrogen (secondary N) is 1. The number of hydrogen-bond donors (Lipinski definition) is 1. The summed E-state index contributed by atoms with van der Waals surface area (Å²) in [5.74, 6) is 1.85. The van der Waals surface area contributed by atoms with Crippen molar-refractivity contribution >= 4 is 33.1 Å². The fraction of sp³-hybridized carbons (Fsp3) is 0.233. The first-order valence-corrected chi connectivity index (χ1v) is 12.1. The van der Waals surface area contributed by atoms with Gasteiger partial charge in [-0.15, -0.1) is 0 Å². The SMILES string of the molecule is CC(C)C1=Nc2c(c3ccc(-c4ccc(-c5cnc(C(C)C)[nH]5)cc4)cc3c3ncccc23)C1. The summed E-state index contributed by atoms with van der Waals surface area (Å²) in [4.78, 5) is 17.8. The number of fused-ring (bicyclic) bond motifs is 6. The van der Waals surface area contributed by atoms with Crippen molar-refractivity contribution in [2.45, 2.75) is 40.0 Å². The van der Waals surface area contributed by atoms with Crippen molar-refractivity contribution in [3.63, 3.8) is 0 Å². The van der Waals surface area contributed by atoms with Gasteiger partial charge in [0.25, 0.3) is 0 Å². The van der Waals surface area contributed by atoms with Gasteiger partial charge in [0.15, 0.2) is 0 Å². The molecule has 168 valence electrons. The van der Waals surface area contributed by atoms with Crippen LogP contribution in [0.4, 0.5) is 5.69 Å². The van der Waals surface area contributed by atoms with Gasteiger partial charge in [0, 0.05) is 35.0 Å². The Balaban J connectivity index is 1.44. The van der Waals surface area contributed by atoms with Crippen LogP contribution in [0.15, 0.2) is 72.0 Å². The number of hydrogen-bond acceptors (Lipinski definition) is 3. The van der Waals surface area contributed by atoms with E-state index in [9.17, 15) is 0 Å². The fourth-order valence-electron chi connectivity index (χ4n) is 4.91. The number of rotatable bonds is 4. The molecule has 0 saturated carbocycles. The Bertz CT molecular complexity index is 1570. The van der Waals surface area contributed by atoms with E-state index < -0.39 is 0 Å². The minimum absolute atomic E-state index is 0.387. The maximum Gasteiger partial charge on any atom is 0.109 e. The number of pyridine rings is 1. The number of aromatic amines is 1. The van der Waals surface area contributed by atoms with Crippen molar-refractivity contribution in [1.29, 1.82) is 0 Å². The van der Waals surface area contributed by atoms with Crippen LogP contribution >= 0.6 is 0 Å².